The van der Waals surface area contributed by atoms with Crippen molar-refractivity contribution in [3.63, 3.8) is 0 Å². The van der Waals surface area contributed by atoms with E-state index in [-0.39, 0.29) is 17.9 Å². The Kier molecular flexibility index (Phi) is 5.34. The monoisotopic (exact) mass is 583 g/mol. The number of thiazole rings is 1. The van der Waals surface area contributed by atoms with Gasteiger partial charge in [0.25, 0.3) is 11.8 Å². The third-order valence-corrected chi connectivity index (χ3v) is 9.47. The molecule has 8 heteroatoms. The third kappa shape index (κ3) is 3.47. The summed E-state index contributed by atoms with van der Waals surface area (Å²) in [6, 6.07) is 26.5. The number of aromatic nitrogens is 1. The SMILES string of the molecule is Cc1ccc(CN2C(=O)C3(c4ccccc42)c2c(oc4ccc(C)cc4c2=O)C(=O)N3c2nc3ccc(C)cc3s2)cc1. The largest absolute Gasteiger partial charge is 0.450 e. The minimum absolute atomic E-state index is 0.0369. The smallest absolute Gasteiger partial charge is 0.297 e. The highest BCUT2D eigenvalue weighted by Crippen LogP contribution is 2.55. The molecule has 4 aromatic carbocycles. The number of para-hydroxylation sites is 1. The second-order valence-corrected chi connectivity index (χ2v) is 12.4. The molecule has 1 spiro atoms. The second-order valence-electron chi connectivity index (χ2n) is 11.3. The predicted molar refractivity (Wildman–Crippen MR) is 168 cm³/mol. The van der Waals surface area contributed by atoms with Crippen LogP contribution in [0, 0.1) is 20.8 Å². The molecule has 0 fully saturated rings. The van der Waals surface area contributed by atoms with E-state index in [9.17, 15) is 9.59 Å². The van der Waals surface area contributed by atoms with Crippen LogP contribution in [-0.2, 0) is 16.9 Å². The van der Waals surface area contributed by atoms with Crippen LogP contribution >= 0.6 is 11.3 Å². The Labute approximate surface area is 250 Å². The molecule has 1 atom stereocenters. The first-order valence-corrected chi connectivity index (χ1v) is 14.9. The summed E-state index contributed by atoms with van der Waals surface area (Å²) in [7, 11) is 0. The van der Waals surface area contributed by atoms with Crippen molar-refractivity contribution >= 4 is 55.2 Å². The zero-order chi connectivity index (χ0) is 29.6. The molecule has 8 rings (SSSR count). The molecular weight excluding hydrogens is 558 g/mol. The van der Waals surface area contributed by atoms with Crippen molar-refractivity contribution in [1.29, 1.82) is 0 Å². The van der Waals surface area contributed by atoms with E-state index in [0.717, 1.165) is 27.0 Å². The summed E-state index contributed by atoms with van der Waals surface area (Å²) >= 11 is 1.32. The minimum Gasteiger partial charge on any atom is -0.450 e. The van der Waals surface area contributed by atoms with Gasteiger partial charge in [-0.05, 0) is 62.2 Å². The number of hydrogen-bond acceptors (Lipinski definition) is 6. The lowest BCUT2D eigenvalue weighted by Gasteiger charge is -2.32. The van der Waals surface area contributed by atoms with Gasteiger partial charge < -0.3 is 9.32 Å². The number of carbonyl (C=O) groups excluding carboxylic acids is 2. The molecule has 2 aromatic heterocycles. The number of hydrogen-bond donors (Lipinski definition) is 0. The van der Waals surface area contributed by atoms with Crippen molar-refractivity contribution < 1.29 is 14.0 Å². The van der Waals surface area contributed by atoms with Crippen LogP contribution in [0.4, 0.5) is 10.8 Å². The summed E-state index contributed by atoms with van der Waals surface area (Å²) in [5.41, 5.74) is 4.02. The average Bonchev–Trinajstić information content (AvgIpc) is 3.60. The lowest BCUT2D eigenvalue weighted by Crippen LogP contribution is -2.53. The van der Waals surface area contributed by atoms with E-state index in [1.54, 1.807) is 17.0 Å². The van der Waals surface area contributed by atoms with Gasteiger partial charge in [-0.15, -0.1) is 0 Å². The summed E-state index contributed by atoms with van der Waals surface area (Å²) in [5, 5.41) is 0.659. The Bertz CT molecular complexity index is 2230. The van der Waals surface area contributed by atoms with Crippen LogP contribution in [0.15, 0.2) is 94.1 Å². The first kappa shape index (κ1) is 25.6. The van der Waals surface area contributed by atoms with Crippen molar-refractivity contribution in [3.05, 3.63) is 134 Å². The zero-order valence-electron chi connectivity index (χ0n) is 23.7. The Balaban J connectivity index is 1.45. The van der Waals surface area contributed by atoms with E-state index in [0.29, 0.717) is 32.9 Å². The van der Waals surface area contributed by atoms with E-state index < -0.39 is 22.8 Å². The number of nitrogens with zero attached hydrogens (tertiary/aromatic N) is 3. The lowest BCUT2D eigenvalue weighted by atomic mass is 9.84. The lowest BCUT2D eigenvalue weighted by molar-refractivity contribution is -0.121. The van der Waals surface area contributed by atoms with E-state index in [1.165, 1.54) is 16.2 Å². The van der Waals surface area contributed by atoms with E-state index in [1.807, 2.05) is 93.6 Å². The van der Waals surface area contributed by atoms with Crippen LogP contribution in [0.2, 0.25) is 0 Å². The second kappa shape index (κ2) is 8.96. The maximum atomic E-state index is 15.1. The quantitative estimate of drug-likeness (QED) is 0.229. The van der Waals surface area contributed by atoms with Crippen LogP contribution in [0.25, 0.3) is 21.2 Å². The predicted octanol–water partition coefficient (Wildman–Crippen LogP) is 6.78. The first-order valence-electron chi connectivity index (χ1n) is 14.0. The maximum absolute atomic E-state index is 15.1. The van der Waals surface area contributed by atoms with Crippen molar-refractivity contribution in [3.8, 4) is 0 Å². The van der Waals surface area contributed by atoms with Crippen LogP contribution in [-0.4, -0.2) is 16.8 Å². The van der Waals surface area contributed by atoms with Crippen molar-refractivity contribution in [1.82, 2.24) is 4.98 Å². The molecule has 0 radical (unpaired) electrons. The van der Waals surface area contributed by atoms with Gasteiger partial charge >= 0.3 is 0 Å². The molecule has 7 nitrogen and oxygen atoms in total. The number of rotatable bonds is 3. The molecule has 0 bridgehead atoms. The fourth-order valence-corrected chi connectivity index (χ4v) is 7.54. The normalized spacial score (nSPS) is 17.5. The molecule has 2 aliphatic rings. The summed E-state index contributed by atoms with van der Waals surface area (Å²) in [5.74, 6) is -1.08. The van der Waals surface area contributed by atoms with Gasteiger partial charge in [-0.1, -0.05) is 77.1 Å². The Morgan fingerprint density at radius 2 is 1.56 bits per heavy atom. The molecule has 0 aliphatic carbocycles. The van der Waals surface area contributed by atoms with E-state index in [2.05, 4.69) is 0 Å². The zero-order valence-corrected chi connectivity index (χ0v) is 24.5. The summed E-state index contributed by atoms with van der Waals surface area (Å²) in [4.78, 5) is 52.0. The molecule has 0 saturated carbocycles. The van der Waals surface area contributed by atoms with Crippen molar-refractivity contribution in [2.45, 2.75) is 32.9 Å². The van der Waals surface area contributed by atoms with Gasteiger partial charge in [-0.3, -0.25) is 19.3 Å². The summed E-state index contributed by atoms with van der Waals surface area (Å²) in [6.45, 7) is 6.17. The van der Waals surface area contributed by atoms with Crippen LogP contribution in [0.5, 0.6) is 0 Å². The molecule has 6 aromatic rings. The fourth-order valence-electron chi connectivity index (χ4n) is 6.43. The molecule has 43 heavy (non-hydrogen) atoms. The topological polar surface area (TPSA) is 83.7 Å². The molecule has 0 N–H and O–H groups in total. The molecule has 0 saturated heterocycles. The number of anilines is 2. The molecule has 2 amide bonds. The maximum Gasteiger partial charge on any atom is 0.297 e. The summed E-state index contributed by atoms with van der Waals surface area (Å²) < 4.78 is 7.11. The standard InChI is InChI=1S/C35H25N3O4S/c1-19-8-12-22(13-9-19)18-37-26-7-5-4-6-24(26)35(33(37)41)29-30(39)23-16-20(2)11-15-27(23)42-31(29)32(40)38(35)34-36-25-14-10-21(3)17-28(25)43-34/h4-17H,18H2,1-3H3. The third-order valence-electron chi connectivity index (χ3n) is 8.46. The van der Waals surface area contributed by atoms with Crippen LogP contribution < -0.4 is 15.2 Å². The number of aryl methyl sites for hydroxylation is 3. The number of fused-ring (bicyclic) bond motifs is 6. The molecule has 4 heterocycles. The van der Waals surface area contributed by atoms with Gasteiger partial charge in [-0.2, -0.15) is 0 Å². The van der Waals surface area contributed by atoms with Gasteiger partial charge in [0.15, 0.2) is 16.1 Å². The molecule has 1 unspecified atom stereocenters. The average molecular weight is 584 g/mol. The molecular formula is C35H25N3O4S. The van der Waals surface area contributed by atoms with E-state index >= 15 is 4.79 Å². The van der Waals surface area contributed by atoms with Gasteiger partial charge in [0.05, 0.1) is 33.4 Å². The Morgan fingerprint density at radius 1 is 0.837 bits per heavy atom. The van der Waals surface area contributed by atoms with Gasteiger partial charge in [-0.25, -0.2) is 4.98 Å². The van der Waals surface area contributed by atoms with Gasteiger partial charge in [0, 0.05) is 5.56 Å². The van der Waals surface area contributed by atoms with E-state index in [4.69, 9.17) is 9.40 Å². The fraction of sp³-hybridized carbons (Fsp3) is 0.143. The summed E-state index contributed by atoms with van der Waals surface area (Å²) in [6.07, 6.45) is 0. The highest BCUT2D eigenvalue weighted by Gasteiger charge is 2.66. The molecule has 210 valence electrons. The number of benzene rings is 4. The minimum atomic E-state index is -1.78. The van der Waals surface area contributed by atoms with Crippen molar-refractivity contribution in [2.75, 3.05) is 9.80 Å². The first-order chi connectivity index (χ1) is 20.8. The highest BCUT2D eigenvalue weighted by atomic mass is 32.1. The Hall–Kier alpha value is -5.08. The van der Waals surface area contributed by atoms with Gasteiger partial charge in [0.2, 0.25) is 5.76 Å². The number of amides is 2. The van der Waals surface area contributed by atoms with Crippen LogP contribution in [0.3, 0.4) is 0 Å². The molecule has 2 aliphatic heterocycles. The number of carbonyl (C=O) groups is 2. The van der Waals surface area contributed by atoms with Crippen LogP contribution in [0.1, 0.15) is 43.9 Å². The highest BCUT2D eigenvalue weighted by molar-refractivity contribution is 7.22. The van der Waals surface area contributed by atoms with Gasteiger partial charge in [0.1, 0.15) is 5.58 Å². The Morgan fingerprint density at radius 3 is 2.37 bits per heavy atom. The van der Waals surface area contributed by atoms with Crippen molar-refractivity contribution in [2.24, 2.45) is 0 Å².